The molecule has 0 aliphatic heterocycles. The average Bonchev–Trinajstić information content (AvgIpc) is 2.76. The minimum Gasteiger partial charge on any atom is -0.380 e. The van der Waals surface area contributed by atoms with Gasteiger partial charge in [0.25, 0.3) is 5.91 Å². The number of amides is 1. The molecule has 0 saturated carbocycles. The molecule has 0 N–H and O–H groups in total. The van der Waals surface area contributed by atoms with Crippen LogP contribution in [0.1, 0.15) is 15.9 Å². The molecule has 0 saturated heterocycles. The van der Waals surface area contributed by atoms with E-state index in [1.54, 1.807) is 13.2 Å². The second-order valence-electron chi connectivity index (χ2n) is 3.85. The van der Waals surface area contributed by atoms with Gasteiger partial charge in [0.2, 0.25) is 0 Å². The molecule has 0 aliphatic rings. The Morgan fingerprint density at radius 1 is 1.50 bits per heavy atom. The Balaban J connectivity index is 2.30. The van der Waals surface area contributed by atoms with Crippen LogP contribution in [0.15, 0.2) is 40.8 Å². The molecule has 1 aromatic heterocycles. The summed E-state index contributed by atoms with van der Waals surface area (Å²) < 4.78 is 6.86. The van der Waals surface area contributed by atoms with E-state index in [1.807, 2.05) is 41.4 Å². The SMILES string of the molecule is COCc1cccc(C(=O)N=c2sccn2C)c1. The summed E-state index contributed by atoms with van der Waals surface area (Å²) in [7, 11) is 3.49. The van der Waals surface area contributed by atoms with E-state index in [0.717, 1.165) is 5.56 Å². The molecule has 0 spiro atoms. The zero-order chi connectivity index (χ0) is 13.0. The number of hydrogen-bond donors (Lipinski definition) is 0. The molecule has 0 unspecified atom stereocenters. The molecule has 1 heterocycles. The number of hydrogen-bond acceptors (Lipinski definition) is 3. The number of methoxy groups -OCH3 is 1. The van der Waals surface area contributed by atoms with Crippen molar-refractivity contribution in [2.45, 2.75) is 6.61 Å². The van der Waals surface area contributed by atoms with Crippen LogP contribution in [0, 0.1) is 0 Å². The van der Waals surface area contributed by atoms with Crippen molar-refractivity contribution < 1.29 is 9.53 Å². The highest BCUT2D eigenvalue weighted by molar-refractivity contribution is 7.07. The fraction of sp³-hybridized carbons (Fsp3) is 0.231. The predicted molar refractivity (Wildman–Crippen MR) is 70.3 cm³/mol. The minimum atomic E-state index is -0.231. The van der Waals surface area contributed by atoms with E-state index in [0.29, 0.717) is 17.0 Å². The van der Waals surface area contributed by atoms with Gasteiger partial charge in [0.15, 0.2) is 4.80 Å². The van der Waals surface area contributed by atoms with Crippen molar-refractivity contribution in [2.75, 3.05) is 7.11 Å². The molecule has 1 aromatic carbocycles. The van der Waals surface area contributed by atoms with Gasteiger partial charge in [-0.1, -0.05) is 12.1 Å². The summed E-state index contributed by atoms with van der Waals surface area (Å²) in [6.07, 6.45) is 1.87. The Bertz CT molecular complexity index is 613. The van der Waals surface area contributed by atoms with Crippen molar-refractivity contribution in [1.82, 2.24) is 4.57 Å². The Labute approximate surface area is 109 Å². The molecule has 1 amide bonds. The van der Waals surface area contributed by atoms with Gasteiger partial charge >= 0.3 is 0 Å². The lowest BCUT2D eigenvalue weighted by Gasteiger charge is -2.01. The van der Waals surface area contributed by atoms with Gasteiger partial charge in [0, 0.05) is 31.3 Å². The topological polar surface area (TPSA) is 43.6 Å². The maximum absolute atomic E-state index is 12.0. The van der Waals surface area contributed by atoms with Crippen molar-refractivity contribution in [2.24, 2.45) is 12.0 Å². The Kier molecular flexibility index (Phi) is 4.07. The fourth-order valence-corrected chi connectivity index (χ4v) is 2.27. The van der Waals surface area contributed by atoms with Crippen LogP contribution in [0.4, 0.5) is 0 Å². The molecular weight excluding hydrogens is 248 g/mol. The average molecular weight is 262 g/mol. The molecule has 18 heavy (non-hydrogen) atoms. The smallest absolute Gasteiger partial charge is 0.279 e. The molecule has 0 fully saturated rings. The molecule has 2 rings (SSSR count). The molecule has 0 atom stereocenters. The molecule has 0 aliphatic carbocycles. The zero-order valence-corrected chi connectivity index (χ0v) is 11.1. The zero-order valence-electron chi connectivity index (χ0n) is 10.3. The molecule has 4 nitrogen and oxygen atoms in total. The van der Waals surface area contributed by atoms with Gasteiger partial charge in [-0.2, -0.15) is 4.99 Å². The van der Waals surface area contributed by atoms with Gasteiger partial charge in [0.1, 0.15) is 0 Å². The van der Waals surface area contributed by atoms with Crippen LogP contribution >= 0.6 is 11.3 Å². The number of carbonyl (C=O) groups is 1. The highest BCUT2D eigenvalue weighted by atomic mass is 32.1. The summed E-state index contributed by atoms with van der Waals surface area (Å²) in [5.74, 6) is -0.231. The maximum atomic E-state index is 12.0. The normalized spacial score (nSPS) is 11.8. The first-order chi connectivity index (χ1) is 8.70. The third-order valence-corrected chi connectivity index (χ3v) is 3.29. The van der Waals surface area contributed by atoms with Crippen LogP contribution in [0.25, 0.3) is 0 Å². The minimum absolute atomic E-state index is 0.231. The second-order valence-corrected chi connectivity index (χ2v) is 4.72. The summed E-state index contributed by atoms with van der Waals surface area (Å²) in [4.78, 5) is 16.8. The summed E-state index contributed by atoms with van der Waals surface area (Å²) in [5, 5.41) is 1.90. The number of aromatic nitrogens is 1. The van der Waals surface area contributed by atoms with Crippen LogP contribution in [0.2, 0.25) is 0 Å². The third kappa shape index (κ3) is 2.94. The van der Waals surface area contributed by atoms with Gasteiger partial charge in [0.05, 0.1) is 6.61 Å². The van der Waals surface area contributed by atoms with E-state index in [9.17, 15) is 4.79 Å². The van der Waals surface area contributed by atoms with Crippen LogP contribution in [-0.2, 0) is 18.4 Å². The summed E-state index contributed by atoms with van der Waals surface area (Å²) in [5.41, 5.74) is 1.55. The monoisotopic (exact) mass is 262 g/mol. The van der Waals surface area contributed by atoms with Crippen molar-refractivity contribution in [3.8, 4) is 0 Å². The largest absolute Gasteiger partial charge is 0.380 e. The first kappa shape index (κ1) is 12.7. The summed E-state index contributed by atoms with van der Waals surface area (Å²) >= 11 is 1.44. The standard InChI is InChI=1S/C13H14N2O2S/c1-15-6-7-18-13(15)14-12(16)11-5-3-4-10(8-11)9-17-2/h3-8H,9H2,1-2H3. The van der Waals surface area contributed by atoms with E-state index in [-0.39, 0.29) is 5.91 Å². The molecule has 0 radical (unpaired) electrons. The second kappa shape index (κ2) is 5.75. The van der Waals surface area contributed by atoms with Crippen LogP contribution in [0.3, 0.4) is 0 Å². The van der Waals surface area contributed by atoms with E-state index >= 15 is 0 Å². The van der Waals surface area contributed by atoms with E-state index < -0.39 is 0 Å². The number of benzene rings is 1. The summed E-state index contributed by atoms with van der Waals surface area (Å²) in [6, 6.07) is 7.33. The first-order valence-electron chi connectivity index (χ1n) is 5.48. The lowest BCUT2D eigenvalue weighted by atomic mass is 10.1. The highest BCUT2D eigenvalue weighted by Gasteiger charge is 2.05. The van der Waals surface area contributed by atoms with E-state index in [1.165, 1.54) is 11.3 Å². The van der Waals surface area contributed by atoms with Gasteiger partial charge < -0.3 is 9.30 Å². The lowest BCUT2D eigenvalue weighted by Crippen LogP contribution is -2.12. The predicted octanol–water partition coefficient (Wildman–Crippen LogP) is 1.97. The number of carbonyl (C=O) groups excluding carboxylic acids is 1. The molecule has 94 valence electrons. The van der Waals surface area contributed by atoms with Gasteiger partial charge in [-0.25, -0.2) is 0 Å². The van der Waals surface area contributed by atoms with Crippen molar-refractivity contribution in [3.05, 3.63) is 51.8 Å². The Morgan fingerprint density at radius 2 is 2.33 bits per heavy atom. The van der Waals surface area contributed by atoms with Gasteiger partial charge in [-0.3, -0.25) is 4.79 Å². The van der Waals surface area contributed by atoms with Crippen molar-refractivity contribution in [3.63, 3.8) is 0 Å². The van der Waals surface area contributed by atoms with E-state index in [2.05, 4.69) is 4.99 Å². The number of thiazole rings is 1. The third-order valence-electron chi connectivity index (χ3n) is 2.44. The lowest BCUT2D eigenvalue weighted by molar-refractivity contribution is 0.0997. The van der Waals surface area contributed by atoms with Gasteiger partial charge in [-0.05, 0) is 17.7 Å². The molecule has 0 bridgehead atoms. The Morgan fingerprint density at radius 3 is 3.00 bits per heavy atom. The van der Waals surface area contributed by atoms with Crippen LogP contribution in [-0.4, -0.2) is 17.6 Å². The van der Waals surface area contributed by atoms with Crippen molar-refractivity contribution in [1.29, 1.82) is 0 Å². The number of nitrogens with zero attached hydrogens (tertiary/aromatic N) is 2. The van der Waals surface area contributed by atoms with Crippen molar-refractivity contribution >= 4 is 17.2 Å². The molecular formula is C13H14N2O2S. The van der Waals surface area contributed by atoms with Crippen LogP contribution < -0.4 is 4.80 Å². The first-order valence-corrected chi connectivity index (χ1v) is 6.36. The number of rotatable bonds is 3. The van der Waals surface area contributed by atoms with Gasteiger partial charge in [-0.15, -0.1) is 11.3 Å². The highest BCUT2D eigenvalue weighted by Crippen LogP contribution is 2.07. The van der Waals surface area contributed by atoms with Crippen LogP contribution in [0.5, 0.6) is 0 Å². The fourth-order valence-electron chi connectivity index (χ4n) is 1.55. The number of aryl methyl sites for hydroxylation is 1. The molecule has 2 aromatic rings. The number of ether oxygens (including phenoxy) is 1. The molecule has 5 heteroatoms. The Hall–Kier alpha value is -1.72. The summed E-state index contributed by atoms with van der Waals surface area (Å²) in [6.45, 7) is 0.494. The maximum Gasteiger partial charge on any atom is 0.279 e. The van der Waals surface area contributed by atoms with E-state index in [4.69, 9.17) is 4.74 Å². The quantitative estimate of drug-likeness (QED) is 0.849.